The van der Waals surface area contributed by atoms with Crippen molar-refractivity contribution in [2.24, 2.45) is 0 Å². The van der Waals surface area contributed by atoms with E-state index in [0.29, 0.717) is 5.76 Å². The van der Waals surface area contributed by atoms with Crippen molar-refractivity contribution in [2.75, 3.05) is 21.3 Å². The molecule has 0 saturated carbocycles. The minimum Gasteiger partial charge on any atom is -0.497 e. The number of nitrogens with zero attached hydrogens (tertiary/aromatic N) is 2. The summed E-state index contributed by atoms with van der Waals surface area (Å²) in [7, 11) is 0.328. The van der Waals surface area contributed by atoms with Gasteiger partial charge in [0.2, 0.25) is 0 Å². The zero-order valence-electron chi connectivity index (χ0n) is 12.6. The maximum atomic E-state index is 12.7. The van der Waals surface area contributed by atoms with Crippen LogP contribution in [0.5, 0.6) is 0 Å². The molecular formula is C15H17N2O4P. The summed E-state index contributed by atoms with van der Waals surface area (Å²) in [6, 6.07) is 7.51. The van der Waals surface area contributed by atoms with E-state index in [1.807, 2.05) is 30.3 Å². The molecule has 1 aliphatic rings. The van der Waals surface area contributed by atoms with Gasteiger partial charge in [-0.15, -0.1) is 0 Å². The maximum Gasteiger partial charge on any atom is 0.438 e. The highest BCUT2D eigenvalue weighted by molar-refractivity contribution is 7.72. The number of allylic oxidation sites excluding steroid dienone is 2. The van der Waals surface area contributed by atoms with Crippen LogP contribution in [0.2, 0.25) is 0 Å². The predicted molar refractivity (Wildman–Crippen MR) is 83.6 cm³/mol. The van der Waals surface area contributed by atoms with Gasteiger partial charge < -0.3 is 19.3 Å². The van der Waals surface area contributed by atoms with Crippen molar-refractivity contribution in [2.45, 2.75) is 5.92 Å². The summed E-state index contributed by atoms with van der Waals surface area (Å²) >= 11 is 0. The summed E-state index contributed by atoms with van der Waals surface area (Å²) in [5.41, 5.74) is 11.0. The SMILES string of the molecule is COC1=CC(C(=[N+]=[N-])P(=O)(OC)OC)c2ccccc2C=C1. The number of methoxy groups -OCH3 is 1. The second-order valence-electron chi connectivity index (χ2n) is 4.53. The lowest BCUT2D eigenvalue weighted by atomic mass is 9.95. The monoisotopic (exact) mass is 320 g/mol. The fraction of sp³-hybridized carbons (Fsp3) is 0.267. The Hall–Kier alpha value is -1.97. The highest BCUT2D eigenvalue weighted by atomic mass is 31.2. The van der Waals surface area contributed by atoms with Gasteiger partial charge in [0.25, 0.3) is 0 Å². The quantitative estimate of drug-likeness (QED) is 0.360. The maximum absolute atomic E-state index is 12.7. The smallest absolute Gasteiger partial charge is 0.438 e. The minimum atomic E-state index is -3.70. The van der Waals surface area contributed by atoms with Crippen molar-refractivity contribution in [1.82, 2.24) is 0 Å². The molecular weight excluding hydrogens is 303 g/mol. The van der Waals surface area contributed by atoms with E-state index in [-0.39, 0.29) is 5.45 Å². The molecule has 0 radical (unpaired) electrons. The molecule has 116 valence electrons. The van der Waals surface area contributed by atoms with Crippen LogP contribution in [0.15, 0.2) is 42.2 Å². The molecule has 0 spiro atoms. The normalized spacial score (nSPS) is 17.0. The van der Waals surface area contributed by atoms with Gasteiger partial charge in [-0.3, -0.25) is 0 Å². The summed E-state index contributed by atoms with van der Waals surface area (Å²) in [6.45, 7) is 0. The molecule has 0 bridgehead atoms. The van der Waals surface area contributed by atoms with Crippen LogP contribution in [0.25, 0.3) is 11.6 Å². The number of benzene rings is 1. The van der Waals surface area contributed by atoms with Gasteiger partial charge in [0.15, 0.2) is 0 Å². The third-order valence-corrected chi connectivity index (χ3v) is 5.36. The molecule has 0 fully saturated rings. The van der Waals surface area contributed by atoms with Crippen molar-refractivity contribution >= 4 is 19.1 Å². The van der Waals surface area contributed by atoms with Crippen molar-refractivity contribution in [3.05, 3.63) is 58.8 Å². The first-order valence-corrected chi connectivity index (χ1v) is 8.10. The summed E-state index contributed by atoms with van der Waals surface area (Å²) < 4.78 is 27.9. The van der Waals surface area contributed by atoms with Crippen LogP contribution in [0.4, 0.5) is 0 Å². The van der Waals surface area contributed by atoms with Crippen molar-refractivity contribution in [1.29, 1.82) is 0 Å². The number of rotatable bonds is 5. The van der Waals surface area contributed by atoms with E-state index in [4.69, 9.17) is 13.8 Å². The summed E-state index contributed by atoms with van der Waals surface area (Å²) in [4.78, 5) is 3.21. The first kappa shape index (κ1) is 16.4. The first-order valence-electron chi connectivity index (χ1n) is 6.56. The third-order valence-electron chi connectivity index (χ3n) is 3.47. The Kier molecular flexibility index (Phi) is 5.11. The van der Waals surface area contributed by atoms with Crippen LogP contribution in [-0.4, -0.2) is 31.6 Å². The minimum absolute atomic E-state index is 0.0943. The Morgan fingerprint density at radius 2 is 1.86 bits per heavy atom. The van der Waals surface area contributed by atoms with Gasteiger partial charge >= 0.3 is 13.0 Å². The van der Waals surface area contributed by atoms with Crippen molar-refractivity contribution in [3.63, 3.8) is 0 Å². The average Bonchev–Trinajstić information content (AvgIpc) is 2.75. The third kappa shape index (κ3) is 2.96. The van der Waals surface area contributed by atoms with E-state index in [0.717, 1.165) is 11.1 Å². The largest absolute Gasteiger partial charge is 0.497 e. The highest BCUT2D eigenvalue weighted by Crippen LogP contribution is 2.52. The average molecular weight is 320 g/mol. The lowest BCUT2D eigenvalue weighted by molar-refractivity contribution is -0.00673. The van der Waals surface area contributed by atoms with Crippen molar-refractivity contribution in [3.8, 4) is 0 Å². The van der Waals surface area contributed by atoms with E-state index in [1.165, 1.54) is 21.3 Å². The van der Waals surface area contributed by atoms with Gasteiger partial charge in [0.1, 0.15) is 11.7 Å². The van der Waals surface area contributed by atoms with E-state index in [1.54, 1.807) is 12.2 Å². The Bertz CT molecular complexity index is 712. The van der Waals surface area contributed by atoms with Crippen LogP contribution >= 0.6 is 7.60 Å². The zero-order chi connectivity index (χ0) is 16.2. The molecule has 1 aromatic carbocycles. The van der Waals surface area contributed by atoms with E-state index < -0.39 is 13.5 Å². The molecule has 22 heavy (non-hydrogen) atoms. The number of hydrogen-bond acceptors (Lipinski definition) is 4. The van der Waals surface area contributed by atoms with Crippen LogP contribution in [0, 0.1) is 0 Å². The topological polar surface area (TPSA) is 81.2 Å². The second kappa shape index (κ2) is 6.86. The molecule has 0 aliphatic heterocycles. The molecule has 7 heteroatoms. The highest BCUT2D eigenvalue weighted by Gasteiger charge is 2.45. The fourth-order valence-electron chi connectivity index (χ4n) is 2.33. The Morgan fingerprint density at radius 3 is 2.45 bits per heavy atom. The van der Waals surface area contributed by atoms with E-state index in [9.17, 15) is 10.1 Å². The molecule has 1 unspecified atom stereocenters. The first-order chi connectivity index (χ1) is 10.6. The summed E-state index contributed by atoms with van der Waals surface area (Å²) in [5.74, 6) is -0.0435. The van der Waals surface area contributed by atoms with Gasteiger partial charge in [0.05, 0.1) is 7.11 Å². The fourth-order valence-corrected chi connectivity index (χ4v) is 3.51. The predicted octanol–water partition coefficient (Wildman–Crippen LogP) is 3.44. The molecule has 0 amide bonds. The molecule has 6 nitrogen and oxygen atoms in total. The Balaban J connectivity index is 2.66. The molecule has 1 aromatic rings. The molecule has 0 heterocycles. The Labute approximate surface area is 129 Å². The van der Waals surface area contributed by atoms with Crippen LogP contribution in [-0.2, 0) is 18.3 Å². The second-order valence-corrected chi connectivity index (χ2v) is 6.72. The summed E-state index contributed by atoms with van der Waals surface area (Å²) in [5, 5.41) is 0. The zero-order valence-corrected chi connectivity index (χ0v) is 13.5. The van der Waals surface area contributed by atoms with Crippen LogP contribution in [0.3, 0.4) is 0 Å². The lowest BCUT2D eigenvalue weighted by Gasteiger charge is -2.16. The molecule has 1 aliphatic carbocycles. The number of fused-ring (bicyclic) bond motifs is 1. The van der Waals surface area contributed by atoms with Gasteiger partial charge in [-0.25, -0.2) is 4.57 Å². The van der Waals surface area contributed by atoms with Gasteiger partial charge in [0, 0.05) is 14.2 Å². The van der Waals surface area contributed by atoms with Gasteiger partial charge in [-0.05, 0) is 23.3 Å². The Morgan fingerprint density at radius 1 is 1.18 bits per heavy atom. The molecule has 0 aromatic heterocycles. The molecule has 0 saturated heterocycles. The van der Waals surface area contributed by atoms with Crippen molar-refractivity contribution < 1.29 is 23.1 Å². The van der Waals surface area contributed by atoms with Gasteiger partial charge in [-0.1, -0.05) is 30.3 Å². The van der Waals surface area contributed by atoms with Crippen LogP contribution < -0.4 is 0 Å². The van der Waals surface area contributed by atoms with Gasteiger partial charge in [-0.2, -0.15) is 4.79 Å². The number of ether oxygens (including phenoxy) is 1. The van der Waals surface area contributed by atoms with E-state index >= 15 is 0 Å². The van der Waals surface area contributed by atoms with E-state index in [2.05, 4.69) is 4.79 Å². The lowest BCUT2D eigenvalue weighted by Crippen LogP contribution is -2.16. The van der Waals surface area contributed by atoms with Crippen LogP contribution in [0.1, 0.15) is 17.0 Å². The molecule has 2 rings (SSSR count). The standard InChI is InChI=1S/C15H17N2O4P/c1-19-12-9-8-11-6-4-5-7-13(11)14(10-12)15(17-16)22(18,20-2)21-3/h4-10,14H,1-3H3. The summed E-state index contributed by atoms with van der Waals surface area (Å²) in [6.07, 6.45) is 5.38. The molecule has 0 N–H and O–H groups in total. The molecule has 1 atom stereocenters. The number of hydrogen-bond donors (Lipinski definition) is 0.